The number of esters is 1. The van der Waals surface area contributed by atoms with Gasteiger partial charge in [0.2, 0.25) is 5.91 Å². The lowest BCUT2D eigenvalue weighted by atomic mass is 10.3. The number of hydrogen-bond acceptors (Lipinski definition) is 4. The number of carbonyl (C=O) groups excluding carboxylic acids is 2. The Bertz CT molecular complexity index is 171. The largest absolute Gasteiger partial charge is 0.469 e. The van der Waals surface area contributed by atoms with Gasteiger partial charge in [-0.25, -0.2) is 5.48 Å². The topological polar surface area (TPSA) is 75.6 Å². The zero-order valence-electron chi connectivity index (χ0n) is 6.03. The van der Waals surface area contributed by atoms with Crippen molar-refractivity contribution in [2.24, 2.45) is 11.8 Å². The van der Waals surface area contributed by atoms with Crippen LogP contribution in [0, 0.1) is 11.8 Å². The predicted octanol–water partition coefficient (Wildman–Crippen LogP) is -0.699. The predicted molar refractivity (Wildman–Crippen MR) is 33.5 cm³/mol. The lowest BCUT2D eigenvalue weighted by molar-refractivity contribution is -0.144. The molecule has 1 rings (SSSR count). The molecule has 0 saturated heterocycles. The molecule has 5 nitrogen and oxygen atoms in total. The second-order valence-electron chi connectivity index (χ2n) is 2.45. The summed E-state index contributed by atoms with van der Waals surface area (Å²) >= 11 is 0. The number of hydroxylamine groups is 1. The van der Waals surface area contributed by atoms with E-state index in [1.54, 1.807) is 0 Å². The second kappa shape index (κ2) is 2.87. The van der Waals surface area contributed by atoms with Gasteiger partial charge < -0.3 is 4.74 Å². The Kier molecular flexibility index (Phi) is 2.09. The summed E-state index contributed by atoms with van der Waals surface area (Å²) in [5.41, 5.74) is 1.49. The van der Waals surface area contributed by atoms with E-state index in [4.69, 9.17) is 5.21 Å². The van der Waals surface area contributed by atoms with Crippen LogP contribution in [0.15, 0.2) is 0 Å². The molecule has 11 heavy (non-hydrogen) atoms. The van der Waals surface area contributed by atoms with E-state index in [1.165, 1.54) is 12.6 Å². The van der Waals surface area contributed by atoms with Crippen molar-refractivity contribution in [3.05, 3.63) is 0 Å². The second-order valence-corrected chi connectivity index (χ2v) is 2.45. The zero-order valence-corrected chi connectivity index (χ0v) is 6.03. The van der Waals surface area contributed by atoms with Crippen molar-refractivity contribution in [2.45, 2.75) is 6.42 Å². The van der Waals surface area contributed by atoms with Crippen LogP contribution in [0.25, 0.3) is 0 Å². The fourth-order valence-electron chi connectivity index (χ4n) is 0.980. The van der Waals surface area contributed by atoms with Crippen LogP contribution < -0.4 is 5.48 Å². The maximum Gasteiger partial charge on any atom is 0.309 e. The third kappa shape index (κ3) is 1.48. The smallest absolute Gasteiger partial charge is 0.309 e. The number of methoxy groups -OCH3 is 1. The van der Waals surface area contributed by atoms with Crippen LogP contribution in [-0.2, 0) is 14.3 Å². The molecule has 0 aliphatic heterocycles. The average Bonchev–Trinajstić information content (AvgIpc) is 2.80. The van der Waals surface area contributed by atoms with Gasteiger partial charge in [0.1, 0.15) is 0 Å². The number of carbonyl (C=O) groups is 2. The van der Waals surface area contributed by atoms with Crippen molar-refractivity contribution in [1.29, 1.82) is 0 Å². The molecule has 1 amide bonds. The SMILES string of the molecule is COC(=O)C1CC1C(=O)NO. The summed E-state index contributed by atoms with van der Waals surface area (Å²) in [6.45, 7) is 0. The first-order chi connectivity index (χ1) is 5.20. The Morgan fingerprint density at radius 3 is 2.64 bits per heavy atom. The molecule has 2 atom stereocenters. The van der Waals surface area contributed by atoms with Gasteiger partial charge in [0.05, 0.1) is 18.9 Å². The highest BCUT2D eigenvalue weighted by Gasteiger charge is 2.48. The summed E-state index contributed by atoms with van der Waals surface area (Å²) < 4.78 is 4.40. The first-order valence-corrected chi connectivity index (χ1v) is 3.22. The van der Waals surface area contributed by atoms with Crippen molar-refractivity contribution < 1.29 is 19.5 Å². The highest BCUT2D eigenvalue weighted by Crippen LogP contribution is 2.39. The van der Waals surface area contributed by atoms with Crippen LogP contribution in [0.2, 0.25) is 0 Å². The number of rotatable bonds is 2. The molecule has 0 radical (unpaired) electrons. The monoisotopic (exact) mass is 159 g/mol. The molecule has 0 aromatic rings. The molecule has 0 aromatic carbocycles. The van der Waals surface area contributed by atoms with Crippen LogP contribution in [-0.4, -0.2) is 24.2 Å². The fraction of sp³-hybridized carbons (Fsp3) is 0.667. The van der Waals surface area contributed by atoms with Gasteiger partial charge in [-0.05, 0) is 6.42 Å². The molecule has 62 valence electrons. The summed E-state index contributed by atoms with van der Waals surface area (Å²) in [4.78, 5) is 21.4. The van der Waals surface area contributed by atoms with E-state index in [0.29, 0.717) is 6.42 Å². The highest BCUT2D eigenvalue weighted by molar-refractivity contribution is 5.89. The summed E-state index contributed by atoms with van der Waals surface area (Å²) in [5, 5.41) is 8.17. The maximum absolute atomic E-state index is 10.7. The van der Waals surface area contributed by atoms with Gasteiger partial charge in [-0.15, -0.1) is 0 Å². The molecule has 1 saturated carbocycles. The van der Waals surface area contributed by atoms with Gasteiger partial charge in [0, 0.05) is 0 Å². The van der Waals surface area contributed by atoms with E-state index in [-0.39, 0.29) is 5.92 Å². The molecule has 0 aromatic heterocycles. The van der Waals surface area contributed by atoms with Crippen LogP contribution in [0.5, 0.6) is 0 Å². The van der Waals surface area contributed by atoms with E-state index in [0.717, 1.165) is 0 Å². The van der Waals surface area contributed by atoms with E-state index in [2.05, 4.69) is 4.74 Å². The summed E-state index contributed by atoms with van der Waals surface area (Å²) in [5.74, 6) is -1.65. The molecule has 1 aliphatic carbocycles. The van der Waals surface area contributed by atoms with Crippen molar-refractivity contribution >= 4 is 11.9 Å². The van der Waals surface area contributed by atoms with Crippen LogP contribution in [0.1, 0.15) is 6.42 Å². The standard InChI is InChI=1S/C6H9NO4/c1-11-6(9)4-2-3(4)5(8)7-10/h3-4,10H,2H2,1H3,(H,7,8). The summed E-state index contributed by atoms with van der Waals surface area (Å²) in [6, 6.07) is 0. The first kappa shape index (κ1) is 8.00. The van der Waals surface area contributed by atoms with Crippen LogP contribution in [0.4, 0.5) is 0 Å². The molecule has 2 N–H and O–H groups in total. The Morgan fingerprint density at radius 2 is 2.18 bits per heavy atom. The van der Waals surface area contributed by atoms with Crippen molar-refractivity contribution in [3.63, 3.8) is 0 Å². The Hall–Kier alpha value is -1.10. The molecule has 0 heterocycles. The Labute approximate surface area is 63.3 Å². The molecule has 5 heteroatoms. The van der Waals surface area contributed by atoms with E-state index >= 15 is 0 Å². The first-order valence-electron chi connectivity index (χ1n) is 3.22. The van der Waals surface area contributed by atoms with Gasteiger partial charge in [-0.1, -0.05) is 0 Å². The van der Waals surface area contributed by atoms with Crippen LogP contribution in [0.3, 0.4) is 0 Å². The molecular weight excluding hydrogens is 150 g/mol. The number of nitrogens with one attached hydrogen (secondary N) is 1. The minimum absolute atomic E-state index is 0.354. The van der Waals surface area contributed by atoms with E-state index < -0.39 is 17.8 Å². The molecule has 2 unspecified atom stereocenters. The summed E-state index contributed by atoms with van der Waals surface area (Å²) in [6.07, 6.45) is 0.471. The fourth-order valence-corrected chi connectivity index (χ4v) is 0.980. The van der Waals surface area contributed by atoms with Crippen molar-refractivity contribution in [2.75, 3.05) is 7.11 Å². The van der Waals surface area contributed by atoms with Gasteiger partial charge in [0.25, 0.3) is 0 Å². The molecular formula is C6H9NO4. The van der Waals surface area contributed by atoms with Gasteiger partial charge in [-0.3, -0.25) is 14.8 Å². The van der Waals surface area contributed by atoms with Crippen molar-refractivity contribution in [3.8, 4) is 0 Å². The van der Waals surface area contributed by atoms with E-state index in [1.807, 2.05) is 0 Å². The Morgan fingerprint density at radius 1 is 1.55 bits per heavy atom. The zero-order chi connectivity index (χ0) is 8.43. The Balaban J connectivity index is 2.37. The van der Waals surface area contributed by atoms with Gasteiger partial charge >= 0.3 is 5.97 Å². The molecule has 0 bridgehead atoms. The number of hydrogen-bond donors (Lipinski definition) is 2. The number of amides is 1. The highest BCUT2D eigenvalue weighted by atomic mass is 16.5. The van der Waals surface area contributed by atoms with Gasteiger partial charge in [-0.2, -0.15) is 0 Å². The average molecular weight is 159 g/mol. The normalized spacial score (nSPS) is 27.5. The lowest BCUT2D eigenvalue weighted by Crippen LogP contribution is -2.22. The molecule has 0 spiro atoms. The maximum atomic E-state index is 10.7. The lowest BCUT2D eigenvalue weighted by Gasteiger charge is -1.95. The van der Waals surface area contributed by atoms with Crippen LogP contribution >= 0.6 is 0 Å². The molecule has 1 fully saturated rings. The van der Waals surface area contributed by atoms with Crippen molar-refractivity contribution in [1.82, 2.24) is 5.48 Å². The van der Waals surface area contributed by atoms with E-state index in [9.17, 15) is 9.59 Å². The third-order valence-corrected chi connectivity index (χ3v) is 1.74. The summed E-state index contributed by atoms with van der Waals surface area (Å²) in [7, 11) is 1.27. The van der Waals surface area contributed by atoms with Gasteiger partial charge in [0.15, 0.2) is 0 Å². The number of ether oxygens (including phenoxy) is 1. The molecule has 1 aliphatic rings. The third-order valence-electron chi connectivity index (χ3n) is 1.74. The quantitative estimate of drug-likeness (QED) is 0.317. The minimum Gasteiger partial charge on any atom is -0.469 e. The minimum atomic E-state index is -0.514.